The van der Waals surface area contributed by atoms with Crippen molar-refractivity contribution in [3.05, 3.63) is 54.0 Å². The van der Waals surface area contributed by atoms with Gasteiger partial charge in [0.05, 0.1) is 13.3 Å². The van der Waals surface area contributed by atoms with Gasteiger partial charge in [-0.15, -0.1) is 9.67 Å². The highest BCUT2D eigenvalue weighted by molar-refractivity contribution is 5.95. The summed E-state index contributed by atoms with van der Waals surface area (Å²) in [6, 6.07) is 8.43. The van der Waals surface area contributed by atoms with E-state index in [0.717, 1.165) is 6.07 Å². The molecule has 0 saturated carbocycles. The molecule has 3 N–H and O–H groups in total. The zero-order valence-electron chi connectivity index (χ0n) is 18.3. The molecule has 0 aliphatic heterocycles. The van der Waals surface area contributed by atoms with Gasteiger partial charge in [0, 0.05) is 17.5 Å². The Kier molecular flexibility index (Phi) is 5.76. The molecule has 0 amide bonds. The van der Waals surface area contributed by atoms with Crippen LogP contribution in [0.1, 0.15) is 18.3 Å². The van der Waals surface area contributed by atoms with Crippen molar-refractivity contribution in [2.45, 2.75) is 25.2 Å². The van der Waals surface area contributed by atoms with Gasteiger partial charge in [-0.3, -0.25) is 0 Å². The maximum Gasteiger partial charge on any atom is 0.427 e. The number of anilines is 1. The molecule has 4 aromatic rings. The van der Waals surface area contributed by atoms with E-state index in [1.807, 2.05) is 0 Å². The Hall–Kier alpha value is -4.33. The first-order chi connectivity index (χ1) is 16.4. The first-order valence-electron chi connectivity index (χ1n) is 9.99. The third-order valence-corrected chi connectivity index (χ3v) is 5.34. The maximum absolute atomic E-state index is 13.4. The minimum atomic E-state index is -5.14. The third kappa shape index (κ3) is 4.19. The van der Waals surface area contributed by atoms with Crippen LogP contribution in [0.15, 0.2) is 42.6 Å². The largest absolute Gasteiger partial charge is 0.494 e. The summed E-state index contributed by atoms with van der Waals surface area (Å²) in [5, 5.41) is 30.3. The van der Waals surface area contributed by atoms with Crippen molar-refractivity contribution < 1.29 is 37.5 Å². The summed E-state index contributed by atoms with van der Waals surface area (Å²) in [5.74, 6) is 0.400. The molecular formula is C21H18F3N7O4. The van der Waals surface area contributed by atoms with Gasteiger partial charge < -0.3 is 25.5 Å². The number of para-hydroxylation sites is 1. The Morgan fingerprint density at radius 2 is 1.94 bits per heavy atom. The zero-order valence-corrected chi connectivity index (χ0v) is 18.3. The van der Waals surface area contributed by atoms with Crippen LogP contribution in [-0.4, -0.2) is 49.4 Å². The van der Waals surface area contributed by atoms with Gasteiger partial charge in [0.15, 0.2) is 0 Å². The summed E-state index contributed by atoms with van der Waals surface area (Å²) in [6.45, 7) is 0.141. The van der Waals surface area contributed by atoms with Crippen molar-refractivity contribution in [2.24, 2.45) is 0 Å². The lowest BCUT2D eigenvalue weighted by Gasteiger charge is -2.24. The first-order valence-corrected chi connectivity index (χ1v) is 9.99. The third-order valence-electron chi connectivity index (χ3n) is 5.34. The normalized spacial score (nSPS) is 13.5. The molecule has 182 valence electrons. The number of aliphatic hydroxyl groups is 1. The van der Waals surface area contributed by atoms with Gasteiger partial charge in [0.25, 0.3) is 0 Å². The fourth-order valence-corrected chi connectivity index (χ4v) is 3.57. The SMILES string of the molecule is COc1cccc2c(-c3cn(Cc4cccc([C@@](C)(O)C(F)(F)F)[n+]4C(=O)[O-])nn3)nc(N)nc12. The summed E-state index contributed by atoms with van der Waals surface area (Å²) in [7, 11) is 1.47. The van der Waals surface area contributed by atoms with E-state index in [4.69, 9.17) is 10.5 Å². The predicted octanol–water partition coefficient (Wildman–Crippen LogP) is 0.776. The lowest BCUT2D eigenvalue weighted by Crippen LogP contribution is -2.62. The second kappa shape index (κ2) is 8.47. The number of alkyl halides is 3. The minimum Gasteiger partial charge on any atom is -0.494 e. The van der Waals surface area contributed by atoms with Gasteiger partial charge in [0.2, 0.25) is 22.9 Å². The molecule has 4 rings (SSSR count). The van der Waals surface area contributed by atoms with Gasteiger partial charge in [-0.1, -0.05) is 17.3 Å². The summed E-state index contributed by atoms with van der Waals surface area (Å²) >= 11 is 0. The zero-order chi connectivity index (χ0) is 25.5. The summed E-state index contributed by atoms with van der Waals surface area (Å²) in [4.78, 5) is 20.2. The molecule has 14 heteroatoms. The average Bonchev–Trinajstić information content (AvgIpc) is 3.25. The summed E-state index contributed by atoms with van der Waals surface area (Å²) in [6.07, 6.45) is -5.69. The Bertz CT molecular complexity index is 1440. The van der Waals surface area contributed by atoms with Crippen molar-refractivity contribution in [3.8, 4) is 17.1 Å². The number of carbonyl (C=O) groups excluding carboxylic acids is 1. The average molecular weight is 489 g/mol. The van der Waals surface area contributed by atoms with Crippen molar-refractivity contribution in [3.63, 3.8) is 0 Å². The predicted molar refractivity (Wildman–Crippen MR) is 112 cm³/mol. The van der Waals surface area contributed by atoms with Crippen molar-refractivity contribution in [2.75, 3.05) is 12.8 Å². The Balaban J connectivity index is 1.77. The van der Waals surface area contributed by atoms with E-state index < -0.39 is 23.6 Å². The van der Waals surface area contributed by atoms with Crippen molar-refractivity contribution >= 4 is 22.9 Å². The first kappa shape index (κ1) is 23.8. The maximum atomic E-state index is 13.4. The lowest BCUT2D eigenvalue weighted by atomic mass is 10.00. The summed E-state index contributed by atoms with van der Waals surface area (Å²) in [5.41, 5.74) is 2.30. The number of benzene rings is 1. The van der Waals surface area contributed by atoms with E-state index in [2.05, 4.69) is 20.3 Å². The number of carbonyl (C=O) groups is 1. The van der Waals surface area contributed by atoms with Crippen LogP contribution < -0.4 is 20.1 Å². The smallest absolute Gasteiger partial charge is 0.427 e. The van der Waals surface area contributed by atoms with Gasteiger partial charge in [-0.2, -0.15) is 13.2 Å². The number of nitrogen functional groups attached to an aromatic ring is 1. The number of hydrogen-bond acceptors (Lipinski definition) is 9. The highest BCUT2D eigenvalue weighted by Gasteiger charge is 2.57. The number of nitrogens with two attached hydrogens (primary N) is 1. The molecule has 0 radical (unpaired) electrons. The van der Waals surface area contributed by atoms with Crippen LogP contribution in [0.5, 0.6) is 5.75 Å². The minimum absolute atomic E-state index is 0.0524. The standard InChI is InChI=1S/C21H18F3N7O4/c1-20(34,21(22,23)24)15-8-3-5-11(31(15)19(32)33)9-30-10-13(28-29-30)16-12-6-4-7-14(35-2)17(12)27-18(25)26-16/h3-8,10,34H,9H2,1-2H3,(H2-,25,26,27,32,33)/t20-/m1/s1. The molecule has 0 saturated heterocycles. The highest BCUT2D eigenvalue weighted by atomic mass is 19.4. The van der Waals surface area contributed by atoms with Crippen LogP contribution in [-0.2, 0) is 12.1 Å². The molecule has 11 nitrogen and oxygen atoms in total. The molecular weight excluding hydrogens is 471 g/mol. The number of rotatable bonds is 5. The van der Waals surface area contributed by atoms with Crippen LogP contribution in [0.25, 0.3) is 22.3 Å². The van der Waals surface area contributed by atoms with E-state index in [1.54, 1.807) is 18.2 Å². The Labute approximate surface area is 195 Å². The second-order valence-electron chi connectivity index (χ2n) is 7.66. The quantitative estimate of drug-likeness (QED) is 0.387. The number of aromatic nitrogens is 6. The van der Waals surface area contributed by atoms with Crippen LogP contribution in [0.4, 0.5) is 23.9 Å². The van der Waals surface area contributed by atoms with Gasteiger partial charge >= 0.3 is 12.3 Å². The molecule has 0 fully saturated rings. The summed E-state index contributed by atoms with van der Waals surface area (Å²) < 4.78 is 46.9. The Morgan fingerprint density at radius 3 is 2.60 bits per heavy atom. The molecule has 0 spiro atoms. The van der Waals surface area contributed by atoms with Gasteiger partial charge in [0.1, 0.15) is 29.2 Å². The molecule has 1 atom stereocenters. The van der Waals surface area contributed by atoms with E-state index in [-0.39, 0.29) is 28.4 Å². The molecule has 3 aromatic heterocycles. The Morgan fingerprint density at radius 1 is 1.23 bits per heavy atom. The van der Waals surface area contributed by atoms with Gasteiger partial charge in [-0.25, -0.2) is 14.6 Å². The molecule has 35 heavy (non-hydrogen) atoms. The topological polar surface area (TPSA) is 156 Å². The molecule has 1 aromatic carbocycles. The monoisotopic (exact) mass is 489 g/mol. The molecule has 0 aliphatic rings. The molecule has 0 unspecified atom stereocenters. The number of halogens is 3. The van der Waals surface area contributed by atoms with Crippen LogP contribution in [0.2, 0.25) is 0 Å². The fourth-order valence-electron chi connectivity index (χ4n) is 3.57. The van der Waals surface area contributed by atoms with Crippen LogP contribution >= 0.6 is 0 Å². The number of fused-ring (bicyclic) bond motifs is 1. The number of methoxy groups -OCH3 is 1. The second-order valence-corrected chi connectivity index (χ2v) is 7.66. The van der Waals surface area contributed by atoms with Crippen LogP contribution in [0, 0.1) is 0 Å². The van der Waals surface area contributed by atoms with E-state index in [0.29, 0.717) is 29.3 Å². The van der Waals surface area contributed by atoms with E-state index in [9.17, 15) is 28.2 Å². The number of hydrogen-bond donors (Lipinski definition) is 2. The van der Waals surface area contributed by atoms with Gasteiger partial charge in [-0.05, 0) is 19.1 Å². The number of pyridine rings is 1. The molecule has 0 aliphatic carbocycles. The van der Waals surface area contributed by atoms with E-state index in [1.165, 1.54) is 30.1 Å². The number of carboxylic acid groups (broad SMARTS) is 1. The fraction of sp³-hybridized carbons (Fsp3) is 0.238. The number of ether oxygens (including phenoxy) is 1. The highest BCUT2D eigenvalue weighted by Crippen LogP contribution is 2.37. The number of nitrogens with zero attached hydrogens (tertiary/aromatic N) is 6. The molecule has 3 heterocycles. The molecule has 0 bridgehead atoms. The van der Waals surface area contributed by atoms with Crippen LogP contribution in [0.3, 0.4) is 0 Å². The lowest BCUT2D eigenvalue weighted by molar-refractivity contribution is -0.654. The van der Waals surface area contributed by atoms with E-state index >= 15 is 0 Å². The van der Waals surface area contributed by atoms with Crippen molar-refractivity contribution in [1.82, 2.24) is 25.0 Å². The van der Waals surface area contributed by atoms with Crippen molar-refractivity contribution in [1.29, 1.82) is 0 Å².